The summed E-state index contributed by atoms with van der Waals surface area (Å²) in [5.74, 6) is -5.55. The van der Waals surface area contributed by atoms with Gasteiger partial charge in [-0.25, -0.2) is 9.59 Å². The van der Waals surface area contributed by atoms with Gasteiger partial charge >= 0.3 is 30.3 Å². The second-order valence-electron chi connectivity index (χ2n) is 10.8. The second-order valence-corrected chi connectivity index (χ2v) is 10.8. The Morgan fingerprint density at radius 2 is 1.29 bits per heavy atom. The standard InChI is InChI=1S/C24H36N2O2.2C2HF3O2/c1-4-18(14-17-8-6-5-7-9-17)21-15-22(21)26-20-12-10-19(11-13-20)25-16-24(2,3)23(27)28;2*3-2(4,5)1(6)7/h5-9,14,19-22,25-26H,4,10-13,15-16H2,1-3H3,(H,27,28);2*(H,6,7)/b18-14+;;/t19-,20+,21-,22+;;/m0../s1. The summed E-state index contributed by atoms with van der Waals surface area (Å²) < 4.78 is 63.5. The van der Waals surface area contributed by atoms with Crippen LogP contribution in [0.3, 0.4) is 0 Å². The third-order valence-electron chi connectivity index (χ3n) is 6.90. The number of hydrogen-bond donors (Lipinski definition) is 5. The first kappa shape index (κ1) is 36.9. The van der Waals surface area contributed by atoms with Crippen molar-refractivity contribution in [2.75, 3.05) is 6.54 Å². The van der Waals surface area contributed by atoms with Crippen LogP contribution in [0.15, 0.2) is 35.9 Å². The van der Waals surface area contributed by atoms with Gasteiger partial charge in [-0.05, 0) is 63.9 Å². The third-order valence-corrected chi connectivity index (χ3v) is 6.90. The number of carboxylic acids is 3. The number of halogens is 6. The van der Waals surface area contributed by atoms with Crippen molar-refractivity contribution in [3.63, 3.8) is 0 Å². The molecule has 2 atom stereocenters. The Morgan fingerprint density at radius 1 is 0.833 bits per heavy atom. The van der Waals surface area contributed by atoms with Crippen LogP contribution in [0.1, 0.15) is 64.9 Å². The lowest BCUT2D eigenvalue weighted by Crippen LogP contribution is -2.45. The fourth-order valence-corrected chi connectivity index (χ4v) is 4.27. The number of hydrogen-bond acceptors (Lipinski definition) is 5. The Morgan fingerprint density at radius 3 is 1.69 bits per heavy atom. The minimum absolute atomic E-state index is 0.454. The molecule has 0 aromatic heterocycles. The Kier molecular flexibility index (Phi) is 14.0. The number of carbonyl (C=O) groups is 3. The maximum absolute atomic E-state index is 11.2. The van der Waals surface area contributed by atoms with E-state index in [9.17, 15) is 36.2 Å². The lowest BCUT2D eigenvalue weighted by atomic mass is 9.88. The molecule has 1 aromatic rings. The predicted octanol–water partition coefficient (Wildman–Crippen LogP) is 5.74. The van der Waals surface area contributed by atoms with Crippen molar-refractivity contribution >= 4 is 24.0 Å². The molecule has 0 saturated heterocycles. The summed E-state index contributed by atoms with van der Waals surface area (Å²) >= 11 is 0. The van der Waals surface area contributed by atoms with Crippen LogP contribution < -0.4 is 10.6 Å². The molecular formula is C28H38F6N2O6. The van der Waals surface area contributed by atoms with E-state index in [1.807, 2.05) is 0 Å². The van der Waals surface area contributed by atoms with Crippen molar-refractivity contribution in [3.8, 4) is 0 Å². The number of aliphatic carboxylic acids is 3. The van der Waals surface area contributed by atoms with Gasteiger partial charge < -0.3 is 26.0 Å². The highest BCUT2D eigenvalue weighted by atomic mass is 19.4. The van der Waals surface area contributed by atoms with E-state index >= 15 is 0 Å². The van der Waals surface area contributed by atoms with Crippen molar-refractivity contribution in [2.45, 2.75) is 89.8 Å². The van der Waals surface area contributed by atoms with Crippen molar-refractivity contribution in [1.82, 2.24) is 10.6 Å². The average Bonchev–Trinajstić information content (AvgIpc) is 3.65. The molecule has 0 amide bonds. The smallest absolute Gasteiger partial charge is 0.481 e. The zero-order chi connectivity index (χ0) is 32.3. The van der Waals surface area contributed by atoms with Gasteiger partial charge in [-0.3, -0.25) is 4.79 Å². The van der Waals surface area contributed by atoms with Crippen molar-refractivity contribution in [1.29, 1.82) is 0 Å². The molecule has 3 rings (SSSR count). The Labute approximate surface area is 240 Å². The molecule has 2 aliphatic rings. The van der Waals surface area contributed by atoms with E-state index in [-0.39, 0.29) is 0 Å². The van der Waals surface area contributed by atoms with E-state index in [1.165, 1.54) is 24.8 Å². The van der Waals surface area contributed by atoms with Crippen LogP contribution in [0, 0.1) is 11.3 Å². The lowest BCUT2D eigenvalue weighted by molar-refractivity contribution is -0.193. The van der Waals surface area contributed by atoms with Gasteiger partial charge in [0.15, 0.2) is 0 Å². The van der Waals surface area contributed by atoms with Gasteiger partial charge in [0.2, 0.25) is 0 Å². The number of benzene rings is 1. The van der Waals surface area contributed by atoms with Gasteiger partial charge in [0.1, 0.15) is 0 Å². The van der Waals surface area contributed by atoms with Crippen molar-refractivity contribution in [3.05, 3.63) is 41.5 Å². The minimum Gasteiger partial charge on any atom is -0.481 e. The Balaban J connectivity index is 0.000000522. The third kappa shape index (κ3) is 13.7. The molecule has 0 heterocycles. The molecule has 2 saturated carbocycles. The van der Waals surface area contributed by atoms with Gasteiger partial charge in [-0.2, -0.15) is 26.3 Å². The number of nitrogens with one attached hydrogen (secondary N) is 2. The van der Waals surface area contributed by atoms with Crippen LogP contribution in [0.5, 0.6) is 0 Å². The van der Waals surface area contributed by atoms with E-state index < -0.39 is 35.7 Å². The highest BCUT2D eigenvalue weighted by Crippen LogP contribution is 2.40. The SMILES string of the molecule is CC/C(=C\c1ccccc1)[C@@H]1C[C@H]1N[C@H]1CC[C@@H](NCC(C)(C)C(=O)O)CC1.O=C(O)C(F)(F)F.O=C(O)C(F)(F)F. The monoisotopic (exact) mass is 612 g/mol. The van der Waals surface area contributed by atoms with Crippen LogP contribution in [0.4, 0.5) is 26.3 Å². The van der Waals surface area contributed by atoms with Crippen LogP contribution in [-0.2, 0) is 14.4 Å². The van der Waals surface area contributed by atoms with E-state index in [0.717, 1.165) is 19.3 Å². The van der Waals surface area contributed by atoms with Crippen LogP contribution in [0.2, 0.25) is 0 Å². The minimum atomic E-state index is -5.08. The molecule has 2 aliphatic carbocycles. The molecule has 2 fully saturated rings. The van der Waals surface area contributed by atoms with Crippen LogP contribution in [-0.4, -0.2) is 70.3 Å². The number of carboxylic acid groups (broad SMARTS) is 3. The van der Waals surface area contributed by atoms with Crippen molar-refractivity contribution in [2.24, 2.45) is 11.3 Å². The first-order chi connectivity index (χ1) is 19.3. The molecular weight excluding hydrogens is 574 g/mol. The van der Waals surface area contributed by atoms with Gasteiger partial charge in [0, 0.05) is 24.7 Å². The molecule has 0 spiro atoms. The van der Waals surface area contributed by atoms with E-state index in [2.05, 4.69) is 54.0 Å². The zero-order valence-corrected chi connectivity index (χ0v) is 23.6. The Hall–Kier alpha value is -3.13. The van der Waals surface area contributed by atoms with E-state index in [1.54, 1.807) is 19.4 Å². The molecule has 1 aromatic carbocycles. The topological polar surface area (TPSA) is 136 Å². The normalized spacial score (nSPS) is 22.5. The fraction of sp³-hybridized carbons (Fsp3) is 0.607. The van der Waals surface area contributed by atoms with Gasteiger partial charge in [0.25, 0.3) is 0 Å². The van der Waals surface area contributed by atoms with Crippen LogP contribution >= 0.6 is 0 Å². The molecule has 238 valence electrons. The summed E-state index contributed by atoms with van der Waals surface area (Å²) in [4.78, 5) is 29.0. The molecule has 0 unspecified atom stereocenters. The van der Waals surface area contributed by atoms with E-state index in [0.29, 0.717) is 30.6 Å². The maximum Gasteiger partial charge on any atom is 0.490 e. The molecule has 0 bridgehead atoms. The molecule has 42 heavy (non-hydrogen) atoms. The predicted molar refractivity (Wildman–Crippen MR) is 143 cm³/mol. The van der Waals surface area contributed by atoms with Crippen molar-refractivity contribution < 1.29 is 56.0 Å². The summed E-state index contributed by atoms with van der Waals surface area (Å²) in [7, 11) is 0. The average molecular weight is 613 g/mol. The van der Waals surface area contributed by atoms with Gasteiger partial charge in [0.05, 0.1) is 5.41 Å². The van der Waals surface area contributed by atoms with Crippen LogP contribution in [0.25, 0.3) is 6.08 Å². The molecule has 14 heteroatoms. The Bertz CT molecular complexity index is 1030. The van der Waals surface area contributed by atoms with Gasteiger partial charge in [-0.15, -0.1) is 0 Å². The molecule has 5 N–H and O–H groups in total. The highest BCUT2D eigenvalue weighted by Gasteiger charge is 2.41. The van der Waals surface area contributed by atoms with E-state index in [4.69, 9.17) is 19.8 Å². The fourth-order valence-electron chi connectivity index (χ4n) is 4.27. The number of alkyl halides is 6. The molecule has 0 radical (unpaired) electrons. The summed E-state index contributed by atoms with van der Waals surface area (Å²) in [5, 5.41) is 30.9. The quantitative estimate of drug-likeness (QED) is 0.223. The largest absolute Gasteiger partial charge is 0.490 e. The number of rotatable bonds is 9. The molecule has 8 nitrogen and oxygen atoms in total. The second kappa shape index (κ2) is 15.9. The lowest BCUT2D eigenvalue weighted by Gasteiger charge is -2.32. The first-order valence-corrected chi connectivity index (χ1v) is 13.4. The maximum atomic E-state index is 11.2. The first-order valence-electron chi connectivity index (χ1n) is 13.4. The summed E-state index contributed by atoms with van der Waals surface area (Å²) in [6.07, 6.45) is -0.796. The summed E-state index contributed by atoms with van der Waals surface area (Å²) in [5.41, 5.74) is 2.17. The summed E-state index contributed by atoms with van der Waals surface area (Å²) in [6.45, 7) is 6.38. The summed E-state index contributed by atoms with van der Waals surface area (Å²) in [6, 6.07) is 12.3. The molecule has 0 aliphatic heterocycles. The highest BCUT2D eigenvalue weighted by molar-refractivity contribution is 5.74. The zero-order valence-electron chi connectivity index (χ0n) is 23.6. The van der Waals surface area contributed by atoms with Gasteiger partial charge in [-0.1, -0.05) is 48.9 Å².